The van der Waals surface area contributed by atoms with Gasteiger partial charge in [-0.15, -0.1) is 0 Å². The summed E-state index contributed by atoms with van der Waals surface area (Å²) in [7, 11) is 0. The fourth-order valence-electron chi connectivity index (χ4n) is 0.951. The first-order valence-corrected chi connectivity index (χ1v) is 4.44. The predicted molar refractivity (Wildman–Crippen MR) is 50.7 cm³/mol. The molecule has 0 atom stereocenters. The van der Waals surface area contributed by atoms with Gasteiger partial charge < -0.3 is 10.1 Å². The number of hydrogen-bond donors (Lipinski definition) is 2. The summed E-state index contributed by atoms with van der Waals surface area (Å²) in [6.07, 6.45) is -1.57. The van der Waals surface area contributed by atoms with Crippen LogP contribution in [-0.2, 0) is 6.61 Å². The molecule has 0 aliphatic carbocycles. The summed E-state index contributed by atoms with van der Waals surface area (Å²) in [4.78, 5) is 13.1. The zero-order chi connectivity index (χ0) is 10.0. The number of hydrogen-bond acceptors (Lipinski definition) is 2. The van der Waals surface area contributed by atoms with Crippen molar-refractivity contribution in [1.82, 2.24) is 4.98 Å². The molecule has 0 bridgehead atoms. The summed E-state index contributed by atoms with van der Waals surface area (Å²) in [5, 5.41) is 8.78. The van der Waals surface area contributed by atoms with Gasteiger partial charge in [0.15, 0.2) is 0 Å². The highest BCUT2D eigenvalue weighted by atomic mass is 127. The minimum atomic E-state index is -2.86. The Morgan fingerprint density at radius 3 is 2.62 bits per heavy atom. The maximum absolute atomic E-state index is 12.3. The Balaban J connectivity index is 3.44. The average Bonchev–Trinajstić information content (AvgIpc) is 2.07. The molecule has 13 heavy (non-hydrogen) atoms. The van der Waals surface area contributed by atoms with Crippen LogP contribution in [0.25, 0.3) is 0 Å². The Labute approximate surface area is 85.9 Å². The van der Waals surface area contributed by atoms with Crippen molar-refractivity contribution in [3.8, 4) is 0 Å². The molecular formula is C7H6F2INO2. The summed E-state index contributed by atoms with van der Waals surface area (Å²) in [5.41, 5.74) is -1.49. The van der Waals surface area contributed by atoms with Crippen LogP contribution in [0.3, 0.4) is 0 Å². The molecule has 0 spiro atoms. The van der Waals surface area contributed by atoms with E-state index in [2.05, 4.69) is 4.98 Å². The number of aromatic amines is 1. The lowest BCUT2D eigenvalue weighted by Crippen LogP contribution is -2.17. The zero-order valence-electron chi connectivity index (χ0n) is 6.35. The molecule has 72 valence electrons. The Bertz CT molecular complexity index is 364. The van der Waals surface area contributed by atoms with Gasteiger partial charge in [0.05, 0.1) is 12.2 Å². The summed E-state index contributed by atoms with van der Waals surface area (Å²) >= 11 is 1.77. The number of H-pyrrole nitrogens is 1. The van der Waals surface area contributed by atoms with Crippen LogP contribution in [0.5, 0.6) is 0 Å². The molecule has 0 aliphatic rings. The molecule has 1 aromatic heterocycles. The van der Waals surface area contributed by atoms with E-state index in [9.17, 15) is 13.6 Å². The predicted octanol–water partition coefficient (Wildman–Crippen LogP) is 1.41. The number of rotatable bonds is 2. The maximum Gasteiger partial charge on any atom is 0.269 e. The molecule has 0 fully saturated rings. The molecule has 1 rings (SSSR count). The number of pyridine rings is 1. The van der Waals surface area contributed by atoms with Crippen molar-refractivity contribution < 1.29 is 13.9 Å². The number of aromatic nitrogens is 1. The number of halogens is 3. The van der Waals surface area contributed by atoms with Gasteiger partial charge in [0, 0.05) is 15.3 Å². The van der Waals surface area contributed by atoms with Gasteiger partial charge in [-0.2, -0.15) is 0 Å². The third-order valence-corrected chi connectivity index (χ3v) is 2.53. The first-order valence-electron chi connectivity index (χ1n) is 3.37. The van der Waals surface area contributed by atoms with Crippen LogP contribution in [0.15, 0.2) is 11.0 Å². The third kappa shape index (κ3) is 2.05. The van der Waals surface area contributed by atoms with Crippen LogP contribution in [0, 0.1) is 3.57 Å². The number of nitrogens with one attached hydrogen (secondary N) is 1. The summed E-state index contributed by atoms with van der Waals surface area (Å²) in [6, 6.07) is 0. The molecule has 0 aliphatic heterocycles. The molecular weight excluding hydrogens is 295 g/mol. The van der Waals surface area contributed by atoms with E-state index in [4.69, 9.17) is 5.11 Å². The van der Waals surface area contributed by atoms with E-state index in [0.717, 1.165) is 0 Å². The van der Waals surface area contributed by atoms with Gasteiger partial charge in [-0.25, -0.2) is 8.78 Å². The van der Waals surface area contributed by atoms with E-state index in [-0.39, 0.29) is 5.56 Å². The molecule has 3 nitrogen and oxygen atoms in total. The van der Waals surface area contributed by atoms with Crippen molar-refractivity contribution in [2.24, 2.45) is 0 Å². The van der Waals surface area contributed by atoms with Gasteiger partial charge in [-0.3, -0.25) is 4.79 Å². The molecule has 0 saturated heterocycles. The molecule has 0 radical (unpaired) electrons. The van der Waals surface area contributed by atoms with Crippen LogP contribution < -0.4 is 5.56 Å². The van der Waals surface area contributed by atoms with Crippen molar-refractivity contribution in [2.75, 3.05) is 0 Å². The highest BCUT2D eigenvalue weighted by Gasteiger charge is 2.18. The van der Waals surface area contributed by atoms with E-state index >= 15 is 0 Å². The van der Waals surface area contributed by atoms with Gasteiger partial charge in [-0.1, -0.05) is 0 Å². The van der Waals surface area contributed by atoms with Crippen LogP contribution in [0.1, 0.15) is 17.6 Å². The lowest BCUT2D eigenvalue weighted by Gasteiger charge is -2.06. The number of alkyl halides is 2. The van der Waals surface area contributed by atoms with Crippen molar-refractivity contribution in [1.29, 1.82) is 0 Å². The SMILES string of the molecule is O=c1[nH]cc(I)c(CO)c1C(F)F. The van der Waals surface area contributed by atoms with E-state index in [0.29, 0.717) is 3.57 Å². The van der Waals surface area contributed by atoms with Crippen molar-refractivity contribution in [3.05, 3.63) is 31.2 Å². The zero-order valence-corrected chi connectivity index (χ0v) is 8.51. The van der Waals surface area contributed by atoms with Gasteiger partial charge >= 0.3 is 0 Å². The Kier molecular flexibility index (Phi) is 3.37. The lowest BCUT2D eigenvalue weighted by molar-refractivity contribution is 0.145. The molecule has 0 unspecified atom stereocenters. The molecule has 0 saturated carbocycles. The lowest BCUT2D eigenvalue weighted by atomic mass is 10.1. The van der Waals surface area contributed by atoms with Crippen molar-refractivity contribution in [3.63, 3.8) is 0 Å². The Hall–Kier alpha value is -0.500. The third-order valence-electron chi connectivity index (χ3n) is 1.56. The number of aliphatic hydroxyl groups is 1. The van der Waals surface area contributed by atoms with Crippen molar-refractivity contribution in [2.45, 2.75) is 13.0 Å². The van der Waals surface area contributed by atoms with Gasteiger partial charge in [-0.05, 0) is 22.6 Å². The second-order valence-electron chi connectivity index (χ2n) is 2.32. The molecule has 1 aromatic rings. The van der Waals surface area contributed by atoms with Crippen LogP contribution in [0.4, 0.5) is 8.78 Å². The van der Waals surface area contributed by atoms with Gasteiger partial charge in [0.2, 0.25) is 0 Å². The van der Waals surface area contributed by atoms with E-state index in [1.165, 1.54) is 6.20 Å². The van der Waals surface area contributed by atoms with E-state index in [1.54, 1.807) is 22.6 Å². The minimum Gasteiger partial charge on any atom is -0.392 e. The van der Waals surface area contributed by atoms with Gasteiger partial charge in [0.25, 0.3) is 12.0 Å². The minimum absolute atomic E-state index is 0.000602. The van der Waals surface area contributed by atoms with Crippen LogP contribution >= 0.6 is 22.6 Å². The topological polar surface area (TPSA) is 53.1 Å². The van der Waals surface area contributed by atoms with Crippen molar-refractivity contribution >= 4 is 22.6 Å². The molecule has 0 aromatic carbocycles. The molecule has 1 heterocycles. The Morgan fingerprint density at radius 2 is 2.23 bits per heavy atom. The molecule has 6 heteroatoms. The quantitative estimate of drug-likeness (QED) is 0.812. The smallest absolute Gasteiger partial charge is 0.269 e. The highest BCUT2D eigenvalue weighted by Crippen LogP contribution is 2.22. The number of aliphatic hydroxyl groups excluding tert-OH is 1. The first-order chi connectivity index (χ1) is 6.07. The van der Waals surface area contributed by atoms with E-state index in [1.807, 2.05) is 0 Å². The van der Waals surface area contributed by atoms with Gasteiger partial charge in [0.1, 0.15) is 0 Å². The molecule has 0 amide bonds. The second kappa shape index (κ2) is 4.14. The van der Waals surface area contributed by atoms with Crippen LogP contribution in [-0.4, -0.2) is 10.1 Å². The summed E-state index contributed by atoms with van der Waals surface area (Å²) in [6.45, 7) is -0.554. The standard InChI is InChI=1S/C7H6F2INO2/c8-6(9)5-3(2-12)4(10)1-11-7(5)13/h1,6,12H,2H2,(H,11,13). The summed E-state index contributed by atoms with van der Waals surface area (Å²) in [5.74, 6) is 0. The Morgan fingerprint density at radius 1 is 1.62 bits per heavy atom. The average molecular weight is 301 g/mol. The largest absolute Gasteiger partial charge is 0.392 e. The highest BCUT2D eigenvalue weighted by molar-refractivity contribution is 14.1. The summed E-state index contributed by atoms with van der Waals surface area (Å²) < 4.78 is 25.1. The van der Waals surface area contributed by atoms with E-state index < -0.39 is 24.2 Å². The fourth-order valence-corrected chi connectivity index (χ4v) is 1.57. The fraction of sp³-hybridized carbons (Fsp3) is 0.286. The maximum atomic E-state index is 12.3. The second-order valence-corrected chi connectivity index (χ2v) is 3.48. The molecule has 2 N–H and O–H groups in total. The normalized spacial score (nSPS) is 10.8. The monoisotopic (exact) mass is 301 g/mol. The first kappa shape index (κ1) is 10.6. The van der Waals surface area contributed by atoms with Crippen LogP contribution in [0.2, 0.25) is 0 Å².